The average molecular weight is 304 g/mol. The minimum Gasteiger partial charge on any atom is -0.459 e. The highest BCUT2D eigenvalue weighted by molar-refractivity contribution is 6.01. The average Bonchev–Trinajstić information content (AvgIpc) is 2.35. The van der Waals surface area contributed by atoms with Crippen molar-refractivity contribution in [3.8, 4) is 0 Å². The molecular weight excluding hydrogens is 280 g/mol. The van der Waals surface area contributed by atoms with Gasteiger partial charge in [-0.2, -0.15) is 0 Å². The molecule has 120 valence electrons. The Labute approximate surface area is 131 Å². The highest BCUT2D eigenvalue weighted by Crippen LogP contribution is 2.41. The lowest BCUT2D eigenvalue weighted by Crippen LogP contribution is -2.46. The fourth-order valence-corrected chi connectivity index (χ4v) is 3.04. The number of aliphatic hydroxyl groups is 1. The zero-order valence-corrected chi connectivity index (χ0v) is 13.6. The number of Topliss-reactive ketones (excluding diaryl/α,β-unsaturated/α-hetero) is 1. The predicted octanol–water partition coefficient (Wildman–Crippen LogP) is 2.84. The second kappa shape index (κ2) is 5.84. The molecule has 1 N–H and O–H groups in total. The van der Waals surface area contributed by atoms with Crippen LogP contribution >= 0.6 is 0 Å². The lowest BCUT2D eigenvalue weighted by molar-refractivity contribution is -0.166. The van der Waals surface area contributed by atoms with Crippen LogP contribution in [0.4, 0.5) is 0 Å². The zero-order chi connectivity index (χ0) is 16.5. The van der Waals surface area contributed by atoms with Crippen LogP contribution < -0.4 is 0 Å². The fourth-order valence-electron chi connectivity index (χ4n) is 3.04. The number of rotatable bonds is 2. The Balaban J connectivity index is 2.35. The summed E-state index contributed by atoms with van der Waals surface area (Å²) in [6.07, 6.45) is 0.354. The van der Waals surface area contributed by atoms with Crippen LogP contribution in [0.1, 0.15) is 52.0 Å². The Hall–Kier alpha value is -1.68. The van der Waals surface area contributed by atoms with Crippen LogP contribution in [0.3, 0.4) is 0 Å². The molecule has 0 saturated heterocycles. The van der Waals surface area contributed by atoms with E-state index in [2.05, 4.69) is 0 Å². The Morgan fingerprint density at radius 2 is 1.86 bits per heavy atom. The van der Waals surface area contributed by atoms with Crippen LogP contribution in [0.15, 0.2) is 30.3 Å². The molecule has 3 atom stereocenters. The number of ketones is 1. The van der Waals surface area contributed by atoms with Crippen LogP contribution in [0.25, 0.3) is 0 Å². The third-order valence-electron chi connectivity index (χ3n) is 3.85. The van der Waals surface area contributed by atoms with Crippen molar-refractivity contribution in [2.45, 2.75) is 57.7 Å². The maximum atomic E-state index is 12.5. The van der Waals surface area contributed by atoms with Gasteiger partial charge in [0.1, 0.15) is 11.5 Å². The first kappa shape index (κ1) is 16.7. The van der Waals surface area contributed by atoms with Gasteiger partial charge in [0.05, 0.1) is 5.60 Å². The van der Waals surface area contributed by atoms with E-state index in [-0.39, 0.29) is 18.1 Å². The number of esters is 1. The Kier molecular flexibility index (Phi) is 4.43. The summed E-state index contributed by atoms with van der Waals surface area (Å²) in [6, 6.07) is 9.40. The largest absolute Gasteiger partial charge is 0.459 e. The van der Waals surface area contributed by atoms with Crippen molar-refractivity contribution in [2.75, 3.05) is 0 Å². The third kappa shape index (κ3) is 3.95. The monoisotopic (exact) mass is 304 g/mol. The molecule has 2 rings (SSSR count). The van der Waals surface area contributed by atoms with Gasteiger partial charge in [0.15, 0.2) is 5.78 Å². The molecule has 1 aliphatic rings. The van der Waals surface area contributed by atoms with Crippen LogP contribution in [0.2, 0.25) is 0 Å². The topological polar surface area (TPSA) is 63.6 Å². The standard InChI is InChI=1S/C18H24O4/c1-17(2,3)22-16(20)15-13(12-8-6-5-7-9-12)10-18(4,21)11-14(15)19/h5-9,13,15,21H,10-11H2,1-4H3/t13-,15+,18-/m1/s1. The van der Waals surface area contributed by atoms with Gasteiger partial charge in [0.25, 0.3) is 0 Å². The summed E-state index contributed by atoms with van der Waals surface area (Å²) in [6.45, 7) is 7.00. The van der Waals surface area contributed by atoms with Gasteiger partial charge < -0.3 is 9.84 Å². The summed E-state index contributed by atoms with van der Waals surface area (Å²) in [5.74, 6) is -1.95. The van der Waals surface area contributed by atoms with Gasteiger partial charge in [-0.1, -0.05) is 30.3 Å². The highest BCUT2D eigenvalue weighted by Gasteiger charge is 2.47. The summed E-state index contributed by atoms with van der Waals surface area (Å²) < 4.78 is 5.43. The fraction of sp³-hybridized carbons (Fsp3) is 0.556. The van der Waals surface area contributed by atoms with E-state index in [0.717, 1.165) is 5.56 Å². The molecular formula is C18H24O4. The smallest absolute Gasteiger partial charge is 0.317 e. The second-order valence-electron chi connectivity index (χ2n) is 7.37. The van der Waals surface area contributed by atoms with Crippen LogP contribution in [0, 0.1) is 5.92 Å². The van der Waals surface area contributed by atoms with Crippen LogP contribution in [0.5, 0.6) is 0 Å². The maximum Gasteiger partial charge on any atom is 0.317 e. The first-order chi connectivity index (χ1) is 10.1. The molecule has 0 aromatic heterocycles. The lowest BCUT2D eigenvalue weighted by Gasteiger charge is -2.38. The molecule has 1 fully saturated rings. The molecule has 0 unspecified atom stereocenters. The quantitative estimate of drug-likeness (QED) is 0.674. The molecule has 1 aliphatic carbocycles. The van der Waals surface area contributed by atoms with Crippen molar-refractivity contribution in [1.82, 2.24) is 0 Å². The molecule has 0 amide bonds. The van der Waals surface area contributed by atoms with Crippen molar-refractivity contribution in [3.63, 3.8) is 0 Å². The molecule has 0 bridgehead atoms. The molecule has 4 heteroatoms. The summed E-state index contributed by atoms with van der Waals surface area (Å²) in [4.78, 5) is 25.0. The highest BCUT2D eigenvalue weighted by atomic mass is 16.6. The number of ether oxygens (including phenoxy) is 1. The van der Waals surface area contributed by atoms with Gasteiger partial charge in [-0.15, -0.1) is 0 Å². The molecule has 1 aromatic carbocycles. The van der Waals surface area contributed by atoms with Crippen molar-refractivity contribution in [3.05, 3.63) is 35.9 Å². The first-order valence-corrected chi connectivity index (χ1v) is 7.62. The zero-order valence-electron chi connectivity index (χ0n) is 13.6. The predicted molar refractivity (Wildman–Crippen MR) is 83.4 cm³/mol. The Morgan fingerprint density at radius 1 is 1.27 bits per heavy atom. The molecule has 0 aliphatic heterocycles. The van der Waals surface area contributed by atoms with Crippen molar-refractivity contribution in [1.29, 1.82) is 0 Å². The van der Waals surface area contributed by atoms with E-state index in [4.69, 9.17) is 4.74 Å². The number of hydrogen-bond acceptors (Lipinski definition) is 4. The van der Waals surface area contributed by atoms with E-state index < -0.39 is 23.1 Å². The van der Waals surface area contributed by atoms with E-state index in [1.807, 2.05) is 30.3 Å². The summed E-state index contributed by atoms with van der Waals surface area (Å²) in [5, 5.41) is 10.3. The van der Waals surface area contributed by atoms with E-state index in [9.17, 15) is 14.7 Å². The van der Waals surface area contributed by atoms with Gasteiger partial charge in [0, 0.05) is 12.3 Å². The van der Waals surface area contributed by atoms with Gasteiger partial charge in [0.2, 0.25) is 0 Å². The SMILES string of the molecule is CC(C)(C)OC(=O)[C@@H]1C(=O)C[C@](C)(O)C[C@@H]1c1ccccc1. The van der Waals surface area contributed by atoms with Gasteiger partial charge in [-0.25, -0.2) is 0 Å². The Morgan fingerprint density at radius 3 is 2.41 bits per heavy atom. The summed E-state index contributed by atoms with van der Waals surface area (Å²) >= 11 is 0. The summed E-state index contributed by atoms with van der Waals surface area (Å²) in [5.41, 5.74) is -0.846. The number of benzene rings is 1. The van der Waals surface area contributed by atoms with E-state index in [1.165, 1.54) is 0 Å². The Bertz CT molecular complexity index is 554. The van der Waals surface area contributed by atoms with E-state index >= 15 is 0 Å². The lowest BCUT2D eigenvalue weighted by atomic mass is 9.69. The van der Waals surface area contributed by atoms with Crippen molar-refractivity contribution < 1.29 is 19.4 Å². The number of carbonyl (C=O) groups is 2. The molecule has 4 nitrogen and oxygen atoms in total. The van der Waals surface area contributed by atoms with Crippen LogP contribution in [-0.4, -0.2) is 28.1 Å². The molecule has 22 heavy (non-hydrogen) atoms. The molecule has 1 saturated carbocycles. The van der Waals surface area contributed by atoms with Gasteiger partial charge >= 0.3 is 5.97 Å². The van der Waals surface area contributed by atoms with Gasteiger partial charge in [-0.05, 0) is 39.7 Å². The molecule has 0 spiro atoms. The summed E-state index contributed by atoms with van der Waals surface area (Å²) in [7, 11) is 0. The van der Waals surface area contributed by atoms with Crippen molar-refractivity contribution in [2.24, 2.45) is 5.92 Å². The number of hydrogen-bond donors (Lipinski definition) is 1. The maximum absolute atomic E-state index is 12.5. The molecule has 0 heterocycles. The van der Waals surface area contributed by atoms with Crippen LogP contribution in [-0.2, 0) is 14.3 Å². The minimum absolute atomic E-state index is 0.0136. The van der Waals surface area contributed by atoms with Crippen molar-refractivity contribution >= 4 is 11.8 Å². The second-order valence-corrected chi connectivity index (χ2v) is 7.37. The minimum atomic E-state index is -1.09. The third-order valence-corrected chi connectivity index (χ3v) is 3.85. The first-order valence-electron chi connectivity index (χ1n) is 7.62. The normalized spacial score (nSPS) is 29.2. The molecule has 0 radical (unpaired) electrons. The molecule has 1 aromatic rings. The van der Waals surface area contributed by atoms with E-state index in [1.54, 1.807) is 27.7 Å². The van der Waals surface area contributed by atoms with Gasteiger partial charge in [-0.3, -0.25) is 9.59 Å². The number of carbonyl (C=O) groups excluding carboxylic acids is 2. The van der Waals surface area contributed by atoms with E-state index in [0.29, 0.717) is 6.42 Å².